The fourth-order valence-corrected chi connectivity index (χ4v) is 4.63. The summed E-state index contributed by atoms with van der Waals surface area (Å²) in [6.07, 6.45) is 4.82. The van der Waals surface area contributed by atoms with E-state index in [1.807, 2.05) is 24.3 Å². The molecule has 118 valence electrons. The molecule has 5 rings (SSSR count). The largest absolute Gasteiger partial charge is 0.294 e. The molecule has 2 nitrogen and oxygen atoms in total. The summed E-state index contributed by atoms with van der Waals surface area (Å²) in [5, 5.41) is 4.67. The van der Waals surface area contributed by atoms with E-state index >= 15 is 0 Å². The quantitative estimate of drug-likeness (QED) is 0.545. The van der Waals surface area contributed by atoms with E-state index in [9.17, 15) is 9.59 Å². The lowest BCUT2D eigenvalue weighted by Gasteiger charge is -2.17. The highest BCUT2D eigenvalue weighted by Crippen LogP contribution is 2.41. The van der Waals surface area contributed by atoms with Gasteiger partial charge in [0.25, 0.3) is 0 Å². The molecule has 0 radical (unpaired) electrons. The van der Waals surface area contributed by atoms with Crippen LogP contribution in [0.3, 0.4) is 0 Å². The lowest BCUT2D eigenvalue weighted by molar-refractivity contribution is 0.0975. The Morgan fingerprint density at radius 1 is 0.583 bits per heavy atom. The predicted octanol–water partition coefficient (Wildman–Crippen LogP) is 5.03. The van der Waals surface area contributed by atoms with E-state index < -0.39 is 0 Å². The van der Waals surface area contributed by atoms with Gasteiger partial charge in [-0.05, 0) is 58.4 Å². The number of benzene rings is 3. The normalized spacial score (nSPS) is 17.2. The van der Waals surface area contributed by atoms with Gasteiger partial charge in [-0.2, -0.15) is 0 Å². The molecular weight excluding hydrogens is 296 g/mol. The smallest absolute Gasteiger partial charge is 0.163 e. The van der Waals surface area contributed by atoms with Crippen LogP contribution in [0, 0.1) is 0 Å². The van der Waals surface area contributed by atoms with E-state index in [1.165, 1.54) is 21.9 Å². The van der Waals surface area contributed by atoms with Crippen molar-refractivity contribution >= 4 is 33.1 Å². The number of fused-ring (bicyclic) bond motifs is 2. The average molecular weight is 314 g/mol. The Labute approximate surface area is 140 Å². The van der Waals surface area contributed by atoms with Crippen molar-refractivity contribution in [3.63, 3.8) is 0 Å². The number of ketones is 2. The molecule has 2 aliphatic rings. The molecule has 0 bridgehead atoms. The number of carbonyl (C=O) groups excluding carboxylic acids is 2. The average Bonchev–Trinajstić information content (AvgIpc) is 2.88. The van der Waals surface area contributed by atoms with Crippen LogP contribution in [0.2, 0.25) is 0 Å². The summed E-state index contributed by atoms with van der Waals surface area (Å²) in [5.74, 6) is 0.513. The Hall–Kier alpha value is -2.48. The summed E-state index contributed by atoms with van der Waals surface area (Å²) < 4.78 is 0. The molecule has 0 aromatic heterocycles. The minimum absolute atomic E-state index is 0.256. The van der Waals surface area contributed by atoms with Crippen molar-refractivity contribution in [3.8, 4) is 0 Å². The molecule has 24 heavy (non-hydrogen) atoms. The van der Waals surface area contributed by atoms with Crippen molar-refractivity contribution in [3.05, 3.63) is 58.7 Å². The van der Waals surface area contributed by atoms with E-state index in [0.717, 1.165) is 47.6 Å². The summed E-state index contributed by atoms with van der Waals surface area (Å²) in [4.78, 5) is 25.1. The summed E-state index contributed by atoms with van der Waals surface area (Å²) in [7, 11) is 0. The van der Waals surface area contributed by atoms with E-state index in [4.69, 9.17) is 0 Å². The first kappa shape index (κ1) is 13.9. The van der Waals surface area contributed by atoms with Crippen molar-refractivity contribution in [2.24, 2.45) is 0 Å². The highest BCUT2D eigenvalue weighted by molar-refractivity contribution is 6.20. The third-order valence-corrected chi connectivity index (χ3v) is 5.64. The van der Waals surface area contributed by atoms with Crippen LogP contribution in [-0.2, 0) is 12.8 Å². The van der Waals surface area contributed by atoms with Gasteiger partial charge in [-0.1, -0.05) is 36.4 Å². The molecule has 2 heteroatoms. The number of carbonyl (C=O) groups is 2. The van der Waals surface area contributed by atoms with Crippen molar-refractivity contribution in [1.29, 1.82) is 0 Å². The first-order chi connectivity index (χ1) is 11.8. The van der Waals surface area contributed by atoms with Crippen molar-refractivity contribution < 1.29 is 9.59 Å². The molecule has 0 saturated heterocycles. The van der Waals surface area contributed by atoms with Gasteiger partial charge >= 0.3 is 0 Å². The number of hydrogen-bond donors (Lipinski definition) is 0. The topological polar surface area (TPSA) is 34.1 Å². The number of Topliss-reactive ketones (excluding diaryl/α,β-unsaturated/α-hetero) is 2. The van der Waals surface area contributed by atoms with E-state index in [0.29, 0.717) is 12.8 Å². The molecule has 0 fully saturated rings. The molecule has 0 N–H and O–H groups in total. The molecule has 0 saturated carbocycles. The lowest BCUT2D eigenvalue weighted by atomic mass is 9.86. The Balaban J connectivity index is 2.08. The van der Waals surface area contributed by atoms with Gasteiger partial charge in [0.2, 0.25) is 0 Å². The minimum atomic E-state index is 0.256. The molecule has 0 aliphatic heterocycles. The predicted molar refractivity (Wildman–Crippen MR) is 96.0 cm³/mol. The standard InChI is InChI=1S/C22H18O2/c23-19-11-4-8-16-14-6-2-10-18-20(24)12-3-7-15(22(14)18)13-5-1-9-17(19)21(13)16/h1-2,5-6,9-10H,3-4,7-8,11-12H2. The van der Waals surface area contributed by atoms with Crippen LogP contribution in [0.15, 0.2) is 36.4 Å². The zero-order valence-corrected chi connectivity index (χ0v) is 13.5. The molecule has 0 spiro atoms. The molecule has 0 atom stereocenters. The van der Waals surface area contributed by atoms with Gasteiger partial charge in [0.1, 0.15) is 0 Å². The Morgan fingerprint density at radius 3 is 1.50 bits per heavy atom. The summed E-state index contributed by atoms with van der Waals surface area (Å²) in [5.41, 5.74) is 4.28. The summed E-state index contributed by atoms with van der Waals surface area (Å²) in [6, 6.07) is 12.2. The third-order valence-electron chi connectivity index (χ3n) is 5.64. The monoisotopic (exact) mass is 314 g/mol. The van der Waals surface area contributed by atoms with Gasteiger partial charge in [0, 0.05) is 24.0 Å². The van der Waals surface area contributed by atoms with Crippen LogP contribution in [-0.4, -0.2) is 11.6 Å². The van der Waals surface area contributed by atoms with Crippen LogP contribution in [0.1, 0.15) is 57.5 Å². The van der Waals surface area contributed by atoms with Gasteiger partial charge < -0.3 is 0 Å². The second-order valence-corrected chi connectivity index (χ2v) is 6.97. The molecule has 0 heterocycles. The van der Waals surface area contributed by atoms with Gasteiger partial charge in [-0.25, -0.2) is 0 Å². The lowest BCUT2D eigenvalue weighted by Crippen LogP contribution is -2.01. The second-order valence-electron chi connectivity index (χ2n) is 6.97. The molecule has 0 unspecified atom stereocenters. The van der Waals surface area contributed by atoms with Gasteiger partial charge in [-0.15, -0.1) is 0 Å². The highest BCUT2D eigenvalue weighted by atomic mass is 16.1. The van der Waals surface area contributed by atoms with Crippen molar-refractivity contribution in [2.45, 2.75) is 38.5 Å². The molecule has 3 aromatic carbocycles. The highest BCUT2D eigenvalue weighted by Gasteiger charge is 2.25. The Bertz CT molecular complexity index is 957. The summed E-state index contributed by atoms with van der Waals surface area (Å²) in [6.45, 7) is 0. The zero-order valence-electron chi connectivity index (χ0n) is 13.5. The maximum Gasteiger partial charge on any atom is 0.163 e. The molecule has 2 aliphatic carbocycles. The third kappa shape index (κ3) is 1.77. The van der Waals surface area contributed by atoms with Crippen molar-refractivity contribution in [2.75, 3.05) is 0 Å². The number of hydrogen-bond acceptors (Lipinski definition) is 2. The van der Waals surface area contributed by atoms with Crippen LogP contribution in [0.25, 0.3) is 21.5 Å². The van der Waals surface area contributed by atoms with Gasteiger partial charge in [-0.3, -0.25) is 9.59 Å². The van der Waals surface area contributed by atoms with Gasteiger partial charge in [0.05, 0.1) is 0 Å². The van der Waals surface area contributed by atoms with E-state index in [2.05, 4.69) is 12.1 Å². The minimum Gasteiger partial charge on any atom is -0.294 e. The Kier molecular flexibility index (Phi) is 2.90. The van der Waals surface area contributed by atoms with E-state index in [1.54, 1.807) is 0 Å². The number of rotatable bonds is 0. The van der Waals surface area contributed by atoms with Crippen LogP contribution in [0.4, 0.5) is 0 Å². The Morgan fingerprint density at radius 2 is 1.04 bits per heavy atom. The molecule has 3 aromatic rings. The van der Waals surface area contributed by atoms with Crippen LogP contribution >= 0.6 is 0 Å². The first-order valence-corrected chi connectivity index (χ1v) is 8.81. The maximum atomic E-state index is 12.6. The first-order valence-electron chi connectivity index (χ1n) is 8.81. The zero-order chi connectivity index (χ0) is 16.3. The fraction of sp³-hybridized carbons (Fsp3) is 0.273. The fourth-order valence-electron chi connectivity index (χ4n) is 4.63. The molecular formula is C22H18O2. The maximum absolute atomic E-state index is 12.6. The van der Waals surface area contributed by atoms with Crippen LogP contribution in [0.5, 0.6) is 0 Å². The van der Waals surface area contributed by atoms with E-state index in [-0.39, 0.29) is 11.6 Å². The number of aryl methyl sites for hydroxylation is 2. The van der Waals surface area contributed by atoms with Crippen molar-refractivity contribution in [1.82, 2.24) is 0 Å². The second kappa shape index (κ2) is 5.01. The molecule has 0 amide bonds. The van der Waals surface area contributed by atoms with Gasteiger partial charge in [0.15, 0.2) is 11.6 Å². The van der Waals surface area contributed by atoms with Crippen LogP contribution < -0.4 is 0 Å². The SMILES string of the molecule is O=C1CCCc2c3cccc4c3c(c3cccc1c23)CCCC4=O. The summed E-state index contributed by atoms with van der Waals surface area (Å²) >= 11 is 0.